The van der Waals surface area contributed by atoms with Crippen LogP contribution in [0.4, 0.5) is 0 Å². The van der Waals surface area contributed by atoms with Gasteiger partial charge in [-0.15, -0.1) is 0 Å². The van der Waals surface area contributed by atoms with Gasteiger partial charge in [0.05, 0.1) is 16.6 Å². The van der Waals surface area contributed by atoms with Crippen LogP contribution in [0.15, 0.2) is 24.3 Å². The molecule has 6 heteroatoms. The Hall–Kier alpha value is -1.36. The van der Waals surface area contributed by atoms with Gasteiger partial charge in [-0.1, -0.05) is 0 Å². The molecule has 0 saturated heterocycles. The Morgan fingerprint density at radius 3 is 3.07 bits per heavy atom. The van der Waals surface area contributed by atoms with Gasteiger partial charge in [-0.3, -0.25) is 5.41 Å². The molecule has 0 aliphatic rings. The van der Waals surface area contributed by atoms with E-state index in [4.69, 9.17) is 10.7 Å². The zero-order chi connectivity index (χ0) is 11.3. The molecule has 0 aliphatic carbocycles. The average molecular weight is 315 g/mol. The summed E-state index contributed by atoms with van der Waals surface area (Å²) >= 11 is 1.95. The third-order valence-electron chi connectivity index (χ3n) is 1.70. The molecule has 0 radical (unpaired) electrons. The van der Waals surface area contributed by atoms with Crippen molar-refractivity contribution in [3.8, 4) is 6.07 Å². The summed E-state index contributed by atoms with van der Waals surface area (Å²) in [6, 6.07) is 1.96. The SMILES string of the molecule is CN/C=C(/Cn1cnc(C#N)c1)C(=N)I. The molecule has 1 aromatic heterocycles. The fraction of sp³-hybridized carbons (Fsp3) is 0.222. The van der Waals surface area contributed by atoms with Crippen molar-refractivity contribution in [2.75, 3.05) is 7.05 Å². The van der Waals surface area contributed by atoms with E-state index in [1.54, 1.807) is 30.3 Å². The van der Waals surface area contributed by atoms with Crippen LogP contribution in [0.25, 0.3) is 0 Å². The van der Waals surface area contributed by atoms with Crippen molar-refractivity contribution in [1.29, 1.82) is 10.7 Å². The standard InChI is InChI=1S/C9H10IN5/c1-13-3-7(9(10)12)4-15-5-8(2-11)14-6-15/h3,5-6,12-13H,4H2,1H3/b7-3-,12-9?. The summed E-state index contributed by atoms with van der Waals surface area (Å²) in [5.41, 5.74) is 1.23. The molecule has 0 saturated carbocycles. The summed E-state index contributed by atoms with van der Waals surface area (Å²) in [5.74, 6) is 0. The second-order valence-electron chi connectivity index (χ2n) is 2.82. The molecule has 0 amide bonds. The lowest BCUT2D eigenvalue weighted by Gasteiger charge is -2.05. The quantitative estimate of drug-likeness (QED) is 0.649. The zero-order valence-corrected chi connectivity index (χ0v) is 10.3. The van der Waals surface area contributed by atoms with Gasteiger partial charge in [0.1, 0.15) is 6.07 Å². The molecular formula is C9H10IN5. The maximum atomic E-state index is 8.60. The van der Waals surface area contributed by atoms with E-state index in [0.717, 1.165) is 5.57 Å². The van der Waals surface area contributed by atoms with E-state index in [1.807, 2.05) is 28.7 Å². The maximum Gasteiger partial charge on any atom is 0.158 e. The smallest absolute Gasteiger partial charge is 0.158 e. The van der Waals surface area contributed by atoms with Crippen molar-refractivity contribution >= 4 is 26.3 Å². The van der Waals surface area contributed by atoms with E-state index >= 15 is 0 Å². The molecule has 2 N–H and O–H groups in total. The monoisotopic (exact) mass is 315 g/mol. The van der Waals surface area contributed by atoms with Crippen molar-refractivity contribution in [1.82, 2.24) is 14.9 Å². The van der Waals surface area contributed by atoms with Gasteiger partial charge in [0.25, 0.3) is 0 Å². The fourth-order valence-electron chi connectivity index (χ4n) is 1.05. The van der Waals surface area contributed by atoms with Gasteiger partial charge in [-0.2, -0.15) is 5.26 Å². The molecule has 0 aromatic carbocycles. The Morgan fingerprint density at radius 1 is 1.87 bits per heavy atom. The molecule has 5 nitrogen and oxygen atoms in total. The topological polar surface area (TPSA) is 77.5 Å². The summed E-state index contributed by atoms with van der Waals surface area (Å²) in [6.07, 6.45) is 5.01. The molecule has 0 fully saturated rings. The number of hydrogen-bond acceptors (Lipinski definition) is 4. The first-order chi connectivity index (χ1) is 7.17. The molecule has 0 aliphatic heterocycles. The Morgan fingerprint density at radius 2 is 2.60 bits per heavy atom. The number of aromatic nitrogens is 2. The lowest BCUT2D eigenvalue weighted by molar-refractivity contribution is 0.797. The minimum Gasteiger partial charge on any atom is -0.394 e. The first-order valence-corrected chi connectivity index (χ1v) is 5.28. The van der Waals surface area contributed by atoms with Crippen LogP contribution in [0.1, 0.15) is 5.69 Å². The van der Waals surface area contributed by atoms with Crippen LogP contribution >= 0.6 is 22.6 Å². The highest BCUT2D eigenvalue weighted by Crippen LogP contribution is 2.07. The van der Waals surface area contributed by atoms with E-state index in [1.165, 1.54) is 0 Å². The van der Waals surface area contributed by atoms with Crippen LogP contribution in [0, 0.1) is 16.7 Å². The van der Waals surface area contributed by atoms with Gasteiger partial charge >= 0.3 is 0 Å². The van der Waals surface area contributed by atoms with Gasteiger partial charge < -0.3 is 9.88 Å². The molecule has 0 atom stereocenters. The molecule has 1 heterocycles. The molecule has 1 rings (SSSR count). The molecule has 15 heavy (non-hydrogen) atoms. The van der Waals surface area contributed by atoms with Crippen LogP contribution < -0.4 is 5.32 Å². The Kier molecular flexibility index (Phi) is 4.30. The van der Waals surface area contributed by atoms with Crippen LogP contribution in [-0.2, 0) is 6.54 Å². The molecule has 0 unspecified atom stereocenters. The summed E-state index contributed by atoms with van der Waals surface area (Å²) in [6.45, 7) is 0.539. The van der Waals surface area contributed by atoms with Crippen molar-refractivity contribution in [3.63, 3.8) is 0 Å². The summed E-state index contributed by atoms with van der Waals surface area (Å²) in [7, 11) is 1.79. The number of imidazole rings is 1. The Bertz CT molecular complexity index is 426. The summed E-state index contributed by atoms with van der Waals surface area (Å²) < 4.78 is 2.24. The highest BCUT2D eigenvalue weighted by molar-refractivity contribution is 14.1. The van der Waals surface area contributed by atoms with E-state index < -0.39 is 0 Å². The van der Waals surface area contributed by atoms with Crippen molar-refractivity contribution in [2.24, 2.45) is 0 Å². The number of allylic oxidation sites excluding steroid dienone is 1. The maximum absolute atomic E-state index is 8.60. The normalized spacial score (nSPS) is 10.9. The number of rotatable bonds is 4. The number of halogens is 1. The lowest BCUT2D eigenvalue weighted by Crippen LogP contribution is -2.07. The molecule has 78 valence electrons. The van der Waals surface area contributed by atoms with Gasteiger partial charge in [0.2, 0.25) is 0 Å². The average Bonchev–Trinajstić information content (AvgIpc) is 2.65. The first kappa shape index (κ1) is 11.7. The largest absolute Gasteiger partial charge is 0.394 e. The minimum atomic E-state index is 0.388. The zero-order valence-electron chi connectivity index (χ0n) is 8.16. The Balaban J connectivity index is 2.80. The Labute approximate surface area is 101 Å². The van der Waals surface area contributed by atoms with Crippen LogP contribution in [0.5, 0.6) is 0 Å². The second kappa shape index (κ2) is 5.50. The lowest BCUT2D eigenvalue weighted by atomic mass is 10.3. The molecule has 0 bridgehead atoms. The van der Waals surface area contributed by atoms with Crippen molar-refractivity contribution in [2.45, 2.75) is 6.54 Å². The highest BCUT2D eigenvalue weighted by atomic mass is 127. The van der Waals surface area contributed by atoms with E-state index in [2.05, 4.69) is 10.3 Å². The first-order valence-electron chi connectivity index (χ1n) is 4.20. The highest BCUT2D eigenvalue weighted by Gasteiger charge is 2.04. The predicted molar refractivity (Wildman–Crippen MR) is 65.8 cm³/mol. The van der Waals surface area contributed by atoms with E-state index in [-0.39, 0.29) is 0 Å². The van der Waals surface area contributed by atoms with Gasteiger partial charge in [0, 0.05) is 25.0 Å². The van der Waals surface area contributed by atoms with Crippen molar-refractivity contribution in [3.05, 3.63) is 30.0 Å². The van der Waals surface area contributed by atoms with Gasteiger partial charge in [-0.05, 0) is 22.6 Å². The van der Waals surface area contributed by atoms with Crippen LogP contribution in [0.2, 0.25) is 0 Å². The third kappa shape index (κ3) is 3.36. The van der Waals surface area contributed by atoms with E-state index in [9.17, 15) is 0 Å². The minimum absolute atomic E-state index is 0.388. The number of nitriles is 1. The van der Waals surface area contributed by atoms with Gasteiger partial charge in [0.15, 0.2) is 5.69 Å². The second-order valence-corrected chi connectivity index (χ2v) is 3.89. The van der Waals surface area contributed by atoms with Crippen molar-refractivity contribution < 1.29 is 0 Å². The number of nitrogens with one attached hydrogen (secondary N) is 2. The fourth-order valence-corrected chi connectivity index (χ4v) is 1.38. The molecule has 0 spiro atoms. The predicted octanol–water partition coefficient (Wildman–Crippen LogP) is 1.27. The number of hydrogen-bond donors (Lipinski definition) is 2. The van der Waals surface area contributed by atoms with E-state index in [0.29, 0.717) is 16.0 Å². The number of nitrogens with zero attached hydrogens (tertiary/aromatic N) is 3. The van der Waals surface area contributed by atoms with Crippen LogP contribution in [-0.4, -0.2) is 20.3 Å². The molecule has 1 aromatic rings. The third-order valence-corrected chi connectivity index (χ3v) is 2.39. The summed E-state index contributed by atoms with van der Waals surface area (Å²) in [5, 5.41) is 19.0. The van der Waals surface area contributed by atoms with Gasteiger partial charge in [-0.25, -0.2) is 4.98 Å². The van der Waals surface area contributed by atoms with Crippen LogP contribution in [0.3, 0.4) is 0 Å². The molecular weight excluding hydrogens is 305 g/mol. The summed E-state index contributed by atoms with van der Waals surface area (Å²) in [4.78, 5) is 3.89.